The Balaban J connectivity index is 1.49. The van der Waals surface area contributed by atoms with Crippen LogP contribution in [0, 0.1) is 0 Å². The molecule has 0 atom stereocenters. The molecule has 0 bridgehead atoms. The molecule has 1 aliphatic rings. The van der Waals surface area contributed by atoms with E-state index < -0.39 is 17.9 Å². The minimum atomic E-state index is -2.71. The Kier molecular flexibility index (Phi) is 5.46. The SMILES string of the molecule is COCc1c(C(=O)NC2CC(F)(F)C2)ncc2[nH]c3ccc(OCc4ccccc4)cc3c12. The van der Waals surface area contributed by atoms with E-state index in [1.165, 1.54) is 7.11 Å². The first kappa shape index (κ1) is 21.3. The highest BCUT2D eigenvalue weighted by Gasteiger charge is 2.46. The molecule has 1 amide bonds. The predicted molar refractivity (Wildman–Crippen MR) is 121 cm³/mol. The van der Waals surface area contributed by atoms with Gasteiger partial charge in [0.1, 0.15) is 18.1 Å². The minimum Gasteiger partial charge on any atom is -0.489 e. The van der Waals surface area contributed by atoms with Crippen molar-refractivity contribution in [3.63, 3.8) is 0 Å². The molecule has 0 unspecified atom stereocenters. The zero-order valence-electron chi connectivity index (χ0n) is 18.0. The van der Waals surface area contributed by atoms with Gasteiger partial charge in [0.05, 0.1) is 18.3 Å². The molecule has 8 heteroatoms. The number of aromatic amines is 1. The number of aromatic nitrogens is 2. The number of nitrogens with zero attached hydrogens (tertiary/aromatic N) is 1. The van der Waals surface area contributed by atoms with Crippen molar-refractivity contribution in [3.8, 4) is 5.75 Å². The second kappa shape index (κ2) is 8.44. The van der Waals surface area contributed by atoms with Crippen LogP contribution in [-0.2, 0) is 18.0 Å². The van der Waals surface area contributed by atoms with Crippen molar-refractivity contribution < 1.29 is 23.0 Å². The van der Waals surface area contributed by atoms with Crippen LogP contribution in [0.5, 0.6) is 5.75 Å². The summed E-state index contributed by atoms with van der Waals surface area (Å²) in [7, 11) is 1.54. The average molecular weight is 451 g/mol. The van der Waals surface area contributed by atoms with E-state index in [0.717, 1.165) is 27.4 Å². The lowest BCUT2D eigenvalue weighted by molar-refractivity contribution is -0.0901. The molecule has 0 spiro atoms. The number of nitrogens with one attached hydrogen (secondary N) is 2. The molecule has 2 aromatic heterocycles. The normalized spacial score (nSPS) is 15.5. The third-order valence-corrected chi connectivity index (χ3v) is 5.89. The van der Waals surface area contributed by atoms with E-state index in [1.54, 1.807) is 6.20 Å². The molecule has 0 aliphatic heterocycles. The Morgan fingerprint density at radius 3 is 2.67 bits per heavy atom. The zero-order valence-corrected chi connectivity index (χ0v) is 18.0. The fourth-order valence-corrected chi connectivity index (χ4v) is 4.27. The number of hydrogen-bond acceptors (Lipinski definition) is 4. The van der Waals surface area contributed by atoms with Crippen LogP contribution in [0.25, 0.3) is 21.8 Å². The Hall–Kier alpha value is -3.52. The quantitative estimate of drug-likeness (QED) is 0.416. The Bertz CT molecular complexity index is 1310. The Labute approximate surface area is 188 Å². The number of ether oxygens (including phenoxy) is 2. The molecular weight excluding hydrogens is 428 g/mol. The van der Waals surface area contributed by atoms with Crippen molar-refractivity contribution in [3.05, 3.63) is 71.5 Å². The Morgan fingerprint density at radius 1 is 1.15 bits per heavy atom. The summed E-state index contributed by atoms with van der Waals surface area (Å²) in [6.07, 6.45) is 0.884. The summed E-state index contributed by atoms with van der Waals surface area (Å²) in [5, 5.41) is 4.34. The van der Waals surface area contributed by atoms with Crippen molar-refractivity contribution in [2.45, 2.75) is 38.0 Å². The van der Waals surface area contributed by atoms with E-state index in [0.29, 0.717) is 17.9 Å². The summed E-state index contributed by atoms with van der Waals surface area (Å²) in [6, 6.07) is 15.0. The second-order valence-corrected chi connectivity index (χ2v) is 8.35. The monoisotopic (exact) mass is 451 g/mol. The smallest absolute Gasteiger partial charge is 0.270 e. The number of H-pyrrole nitrogens is 1. The van der Waals surface area contributed by atoms with Gasteiger partial charge in [0.15, 0.2) is 0 Å². The fraction of sp³-hybridized carbons (Fsp3) is 0.280. The number of halogens is 2. The lowest BCUT2D eigenvalue weighted by Crippen LogP contribution is -2.50. The number of benzene rings is 2. The van der Waals surface area contributed by atoms with E-state index >= 15 is 0 Å². The van der Waals surface area contributed by atoms with Crippen LogP contribution in [0.4, 0.5) is 8.78 Å². The summed E-state index contributed by atoms with van der Waals surface area (Å²) < 4.78 is 37.7. The van der Waals surface area contributed by atoms with Crippen molar-refractivity contribution in [2.75, 3.05) is 7.11 Å². The van der Waals surface area contributed by atoms with E-state index in [1.807, 2.05) is 48.5 Å². The highest BCUT2D eigenvalue weighted by Crippen LogP contribution is 2.38. The van der Waals surface area contributed by atoms with Gasteiger partial charge in [0.25, 0.3) is 11.8 Å². The first-order valence-electron chi connectivity index (χ1n) is 10.7. The molecule has 2 heterocycles. The average Bonchev–Trinajstić information content (AvgIpc) is 3.15. The summed E-state index contributed by atoms with van der Waals surface area (Å²) in [6.45, 7) is 0.580. The fourth-order valence-electron chi connectivity index (χ4n) is 4.27. The van der Waals surface area contributed by atoms with Gasteiger partial charge in [0.2, 0.25) is 0 Å². The van der Waals surface area contributed by atoms with Crippen LogP contribution < -0.4 is 10.1 Å². The predicted octanol–water partition coefficient (Wildman–Crippen LogP) is 4.97. The molecule has 6 nitrogen and oxygen atoms in total. The molecule has 1 saturated carbocycles. The van der Waals surface area contributed by atoms with E-state index in [4.69, 9.17) is 9.47 Å². The van der Waals surface area contributed by atoms with Crippen LogP contribution in [0.1, 0.15) is 34.5 Å². The Morgan fingerprint density at radius 2 is 1.94 bits per heavy atom. The van der Waals surface area contributed by atoms with Gasteiger partial charge in [-0.25, -0.2) is 13.8 Å². The highest BCUT2D eigenvalue weighted by molar-refractivity contribution is 6.12. The van der Waals surface area contributed by atoms with Crippen LogP contribution >= 0.6 is 0 Å². The van der Waals surface area contributed by atoms with Crippen LogP contribution in [0.3, 0.4) is 0 Å². The highest BCUT2D eigenvalue weighted by atomic mass is 19.3. The van der Waals surface area contributed by atoms with Gasteiger partial charge in [-0.3, -0.25) is 4.79 Å². The van der Waals surface area contributed by atoms with Crippen LogP contribution in [-0.4, -0.2) is 34.9 Å². The molecule has 4 aromatic rings. The number of hydrogen-bond donors (Lipinski definition) is 2. The van der Waals surface area contributed by atoms with Crippen LogP contribution in [0.15, 0.2) is 54.7 Å². The second-order valence-electron chi connectivity index (χ2n) is 8.35. The van der Waals surface area contributed by atoms with Crippen molar-refractivity contribution in [1.29, 1.82) is 0 Å². The van der Waals surface area contributed by atoms with Gasteiger partial charge < -0.3 is 19.8 Å². The molecule has 5 rings (SSSR count). The summed E-state index contributed by atoms with van der Waals surface area (Å²) in [4.78, 5) is 20.5. The molecule has 1 fully saturated rings. The topological polar surface area (TPSA) is 76.2 Å². The first-order valence-corrected chi connectivity index (χ1v) is 10.7. The maximum Gasteiger partial charge on any atom is 0.270 e. The van der Waals surface area contributed by atoms with Crippen molar-refractivity contribution >= 4 is 27.7 Å². The molecule has 2 aromatic carbocycles. The third-order valence-electron chi connectivity index (χ3n) is 5.89. The molecule has 1 aliphatic carbocycles. The number of methoxy groups -OCH3 is 1. The van der Waals surface area contributed by atoms with Crippen molar-refractivity contribution in [2.24, 2.45) is 0 Å². The zero-order chi connectivity index (χ0) is 23.0. The van der Waals surface area contributed by atoms with Gasteiger partial charge in [-0.05, 0) is 23.8 Å². The largest absolute Gasteiger partial charge is 0.489 e. The number of pyridine rings is 1. The van der Waals surface area contributed by atoms with Gasteiger partial charge in [-0.2, -0.15) is 0 Å². The van der Waals surface area contributed by atoms with E-state index in [-0.39, 0.29) is 25.1 Å². The van der Waals surface area contributed by atoms with Gasteiger partial charge in [-0.15, -0.1) is 0 Å². The molecular formula is C25H23F2N3O3. The summed E-state index contributed by atoms with van der Waals surface area (Å²) in [5.41, 5.74) is 3.46. The number of carbonyl (C=O) groups excluding carboxylic acids is 1. The minimum absolute atomic E-state index is 0.149. The standard InChI is InChI=1S/C25H23F2N3O3/c1-32-14-19-22-18-9-17(33-13-15-5-3-2-4-6-15)7-8-20(18)30-21(22)12-28-23(19)24(31)29-16-10-25(26,27)11-16/h2-9,12,16,30H,10-11,13-14H2,1H3,(H,29,31). The summed E-state index contributed by atoms with van der Waals surface area (Å²) >= 11 is 0. The first-order chi connectivity index (χ1) is 15.9. The maximum absolute atomic E-state index is 13.2. The summed E-state index contributed by atoms with van der Waals surface area (Å²) in [5.74, 6) is -2.50. The van der Waals surface area contributed by atoms with Gasteiger partial charge >= 0.3 is 0 Å². The lowest BCUT2D eigenvalue weighted by Gasteiger charge is -2.35. The van der Waals surface area contributed by atoms with Crippen LogP contribution in [0.2, 0.25) is 0 Å². The molecule has 170 valence electrons. The molecule has 2 N–H and O–H groups in total. The number of amides is 1. The number of fused-ring (bicyclic) bond motifs is 3. The lowest BCUT2D eigenvalue weighted by atomic mass is 9.88. The van der Waals surface area contributed by atoms with Crippen molar-refractivity contribution in [1.82, 2.24) is 15.3 Å². The van der Waals surface area contributed by atoms with E-state index in [2.05, 4.69) is 15.3 Å². The molecule has 0 saturated heterocycles. The number of rotatable bonds is 7. The number of alkyl halides is 2. The molecule has 0 radical (unpaired) electrons. The molecule has 33 heavy (non-hydrogen) atoms. The third kappa shape index (κ3) is 4.26. The van der Waals surface area contributed by atoms with E-state index in [9.17, 15) is 13.6 Å². The maximum atomic E-state index is 13.2. The van der Waals surface area contributed by atoms with Gasteiger partial charge in [-0.1, -0.05) is 30.3 Å². The number of carbonyl (C=O) groups is 1. The van der Waals surface area contributed by atoms with Gasteiger partial charge in [0, 0.05) is 47.8 Å².